The molecule has 3 aromatic carbocycles. The van der Waals surface area contributed by atoms with Crippen molar-refractivity contribution in [2.75, 3.05) is 22.6 Å². The fraction of sp³-hybridized carbons (Fsp3) is 0.0870. The van der Waals surface area contributed by atoms with Gasteiger partial charge in [-0.25, -0.2) is 8.78 Å². The maximum absolute atomic E-state index is 14.1. The molecule has 3 aromatic rings. The largest absolute Gasteiger partial charge is 0.483 e. The zero-order valence-corrected chi connectivity index (χ0v) is 16.9. The van der Waals surface area contributed by atoms with E-state index in [-0.39, 0.29) is 28.6 Å². The minimum Gasteiger partial charge on any atom is -0.483 e. The van der Waals surface area contributed by atoms with E-state index in [4.69, 9.17) is 4.74 Å². The molecule has 0 spiro atoms. The number of hydrogen-bond acceptors (Lipinski definition) is 4. The van der Waals surface area contributed by atoms with Gasteiger partial charge in [-0.2, -0.15) is 0 Å². The predicted octanol–water partition coefficient (Wildman–Crippen LogP) is 4.19. The molecule has 9 heteroatoms. The number of anilines is 3. The SMILES string of the molecule is CC(=O)Nc1ccc(F)c(NC(=O)c2ccccc2OCC(=O)Nc2ccccc2F)c1. The molecule has 0 radical (unpaired) electrons. The van der Waals surface area contributed by atoms with Gasteiger partial charge in [0.2, 0.25) is 5.91 Å². The lowest BCUT2D eigenvalue weighted by molar-refractivity contribution is -0.118. The lowest BCUT2D eigenvalue weighted by atomic mass is 10.1. The van der Waals surface area contributed by atoms with Gasteiger partial charge in [-0.1, -0.05) is 24.3 Å². The Kier molecular flexibility index (Phi) is 7.12. The Labute approximate surface area is 182 Å². The van der Waals surface area contributed by atoms with Crippen molar-refractivity contribution >= 4 is 34.8 Å². The van der Waals surface area contributed by atoms with Crippen LogP contribution < -0.4 is 20.7 Å². The number of nitrogens with one attached hydrogen (secondary N) is 3. The summed E-state index contributed by atoms with van der Waals surface area (Å²) >= 11 is 0. The molecule has 3 N–H and O–H groups in total. The van der Waals surface area contributed by atoms with Crippen LogP contribution in [0, 0.1) is 11.6 Å². The van der Waals surface area contributed by atoms with Crippen molar-refractivity contribution in [3.05, 3.63) is 83.9 Å². The monoisotopic (exact) mass is 439 g/mol. The zero-order chi connectivity index (χ0) is 23.1. The van der Waals surface area contributed by atoms with E-state index in [2.05, 4.69) is 16.0 Å². The molecule has 32 heavy (non-hydrogen) atoms. The summed E-state index contributed by atoms with van der Waals surface area (Å²) in [6.07, 6.45) is 0. The number of hydrogen-bond donors (Lipinski definition) is 3. The highest BCUT2D eigenvalue weighted by Crippen LogP contribution is 2.23. The van der Waals surface area contributed by atoms with Gasteiger partial charge in [-0.15, -0.1) is 0 Å². The molecule has 0 aromatic heterocycles. The molecule has 0 unspecified atom stereocenters. The average Bonchev–Trinajstić information content (AvgIpc) is 2.76. The number of ether oxygens (including phenoxy) is 1. The summed E-state index contributed by atoms with van der Waals surface area (Å²) in [6.45, 7) is 0.822. The highest BCUT2D eigenvalue weighted by atomic mass is 19.1. The Bertz CT molecular complexity index is 1170. The van der Waals surface area contributed by atoms with E-state index in [0.29, 0.717) is 5.69 Å². The fourth-order valence-electron chi connectivity index (χ4n) is 2.76. The van der Waals surface area contributed by atoms with Crippen LogP contribution in [0.15, 0.2) is 66.7 Å². The predicted molar refractivity (Wildman–Crippen MR) is 116 cm³/mol. The summed E-state index contributed by atoms with van der Waals surface area (Å²) in [4.78, 5) is 36.0. The molecule has 3 amide bonds. The van der Waals surface area contributed by atoms with Gasteiger partial charge < -0.3 is 20.7 Å². The van der Waals surface area contributed by atoms with E-state index in [1.54, 1.807) is 18.2 Å². The normalized spacial score (nSPS) is 10.2. The van der Waals surface area contributed by atoms with Gasteiger partial charge in [0.15, 0.2) is 6.61 Å². The number of halogens is 2. The highest BCUT2D eigenvalue weighted by molar-refractivity contribution is 6.06. The number of para-hydroxylation sites is 2. The van der Waals surface area contributed by atoms with Gasteiger partial charge >= 0.3 is 0 Å². The lowest BCUT2D eigenvalue weighted by Gasteiger charge is -2.13. The zero-order valence-electron chi connectivity index (χ0n) is 16.9. The van der Waals surface area contributed by atoms with Crippen molar-refractivity contribution in [3.8, 4) is 5.75 Å². The van der Waals surface area contributed by atoms with Gasteiger partial charge in [-0.3, -0.25) is 14.4 Å². The second kappa shape index (κ2) is 10.2. The first-order valence-electron chi connectivity index (χ1n) is 9.48. The Balaban J connectivity index is 1.69. The molecule has 0 fully saturated rings. The second-order valence-corrected chi connectivity index (χ2v) is 6.64. The van der Waals surface area contributed by atoms with Gasteiger partial charge in [0.05, 0.1) is 16.9 Å². The molecule has 3 rings (SSSR count). The van der Waals surface area contributed by atoms with Crippen LogP contribution in [-0.4, -0.2) is 24.3 Å². The molecule has 0 bridgehead atoms. The summed E-state index contributed by atoms with van der Waals surface area (Å²) in [5.74, 6) is -2.87. The van der Waals surface area contributed by atoms with Crippen LogP contribution in [0.3, 0.4) is 0 Å². The maximum Gasteiger partial charge on any atom is 0.262 e. The van der Waals surface area contributed by atoms with Crippen molar-refractivity contribution in [1.29, 1.82) is 0 Å². The maximum atomic E-state index is 14.1. The lowest BCUT2D eigenvalue weighted by Crippen LogP contribution is -2.22. The molecular formula is C23H19F2N3O4. The number of rotatable bonds is 7. The minimum absolute atomic E-state index is 0.00153. The van der Waals surface area contributed by atoms with Crippen molar-refractivity contribution in [1.82, 2.24) is 0 Å². The summed E-state index contributed by atoms with van der Waals surface area (Å²) in [6, 6.07) is 15.5. The molecule has 0 saturated heterocycles. The van der Waals surface area contributed by atoms with Crippen LogP contribution in [0.2, 0.25) is 0 Å². The van der Waals surface area contributed by atoms with Crippen LogP contribution in [0.4, 0.5) is 25.8 Å². The standard InChI is InChI=1S/C23H19F2N3O4/c1-14(29)26-15-10-11-18(25)20(12-15)28-23(31)16-6-2-5-9-21(16)32-13-22(30)27-19-8-4-3-7-17(19)24/h2-12H,13H2,1H3,(H,26,29)(H,27,30)(H,28,31). The Morgan fingerprint density at radius 3 is 2.25 bits per heavy atom. The van der Waals surface area contributed by atoms with Crippen LogP contribution in [0.1, 0.15) is 17.3 Å². The first kappa shape index (κ1) is 22.4. The molecule has 0 heterocycles. The molecule has 0 aliphatic rings. The number of carbonyl (C=O) groups excluding carboxylic acids is 3. The average molecular weight is 439 g/mol. The molecule has 0 atom stereocenters. The third kappa shape index (κ3) is 5.88. The molecule has 7 nitrogen and oxygen atoms in total. The number of amides is 3. The van der Waals surface area contributed by atoms with Crippen molar-refractivity contribution in [2.45, 2.75) is 6.92 Å². The van der Waals surface area contributed by atoms with E-state index in [0.717, 1.165) is 6.07 Å². The molecule has 0 aliphatic carbocycles. The molecular weight excluding hydrogens is 420 g/mol. The van der Waals surface area contributed by atoms with E-state index in [1.165, 1.54) is 49.4 Å². The van der Waals surface area contributed by atoms with E-state index < -0.39 is 30.1 Å². The van der Waals surface area contributed by atoms with E-state index >= 15 is 0 Å². The Morgan fingerprint density at radius 1 is 0.812 bits per heavy atom. The van der Waals surface area contributed by atoms with Gasteiger partial charge in [0.25, 0.3) is 11.8 Å². The summed E-state index contributed by atoms with van der Waals surface area (Å²) in [7, 11) is 0. The smallest absolute Gasteiger partial charge is 0.262 e. The number of benzene rings is 3. The van der Waals surface area contributed by atoms with Crippen molar-refractivity contribution in [3.63, 3.8) is 0 Å². The summed E-state index contributed by atoms with van der Waals surface area (Å²) in [5, 5.41) is 7.30. The van der Waals surface area contributed by atoms with Crippen LogP contribution in [-0.2, 0) is 9.59 Å². The van der Waals surface area contributed by atoms with Crippen molar-refractivity contribution < 1.29 is 27.9 Å². The third-order valence-corrected chi connectivity index (χ3v) is 4.17. The fourth-order valence-corrected chi connectivity index (χ4v) is 2.76. The Morgan fingerprint density at radius 2 is 1.50 bits per heavy atom. The van der Waals surface area contributed by atoms with Gasteiger partial charge in [-0.05, 0) is 42.5 Å². The minimum atomic E-state index is -0.699. The quantitative estimate of drug-likeness (QED) is 0.514. The van der Waals surface area contributed by atoms with E-state index in [1.807, 2.05) is 0 Å². The molecule has 0 saturated carbocycles. The van der Waals surface area contributed by atoms with E-state index in [9.17, 15) is 23.2 Å². The summed E-state index contributed by atoms with van der Waals surface area (Å²) in [5.41, 5.74) is 0.217. The Hall–Kier alpha value is -4.27. The first-order valence-corrected chi connectivity index (χ1v) is 9.48. The van der Waals surface area contributed by atoms with Crippen LogP contribution in [0.25, 0.3) is 0 Å². The van der Waals surface area contributed by atoms with Gasteiger partial charge in [0.1, 0.15) is 17.4 Å². The third-order valence-electron chi connectivity index (χ3n) is 4.17. The first-order chi connectivity index (χ1) is 15.3. The van der Waals surface area contributed by atoms with Crippen molar-refractivity contribution in [2.24, 2.45) is 0 Å². The number of carbonyl (C=O) groups is 3. The second-order valence-electron chi connectivity index (χ2n) is 6.64. The van der Waals surface area contributed by atoms with Crippen LogP contribution in [0.5, 0.6) is 5.75 Å². The highest BCUT2D eigenvalue weighted by Gasteiger charge is 2.16. The summed E-state index contributed by atoms with van der Waals surface area (Å²) < 4.78 is 33.2. The molecule has 0 aliphatic heterocycles. The van der Waals surface area contributed by atoms with Crippen LogP contribution >= 0.6 is 0 Å². The van der Waals surface area contributed by atoms with Gasteiger partial charge in [0, 0.05) is 12.6 Å². The topological polar surface area (TPSA) is 96.5 Å². The molecule has 164 valence electrons.